The van der Waals surface area contributed by atoms with Gasteiger partial charge in [-0.05, 0) is 43.3 Å². The van der Waals surface area contributed by atoms with Gasteiger partial charge in [0.15, 0.2) is 6.10 Å². The monoisotopic (exact) mass is 505 g/mol. The van der Waals surface area contributed by atoms with E-state index >= 15 is 0 Å². The predicted molar refractivity (Wildman–Crippen MR) is 142 cm³/mol. The van der Waals surface area contributed by atoms with Gasteiger partial charge in [-0.2, -0.15) is 0 Å². The molecule has 0 saturated carbocycles. The maximum Gasteiger partial charge on any atom is 0.412 e. The number of hydrogen-bond donors (Lipinski definition) is 4. The molecule has 9 heteroatoms. The largest absolute Gasteiger partial charge is 0.491 e. The van der Waals surface area contributed by atoms with Crippen molar-refractivity contribution < 1.29 is 28.9 Å². The van der Waals surface area contributed by atoms with E-state index in [9.17, 15) is 14.7 Å². The lowest BCUT2D eigenvalue weighted by atomic mass is 10.0. The van der Waals surface area contributed by atoms with Crippen molar-refractivity contribution in [3.8, 4) is 5.75 Å². The molecule has 37 heavy (non-hydrogen) atoms. The number of nitrogen functional groups attached to an aromatic ring is 1. The van der Waals surface area contributed by atoms with Crippen LogP contribution in [0.4, 0.5) is 21.9 Å². The average Bonchev–Trinajstić information content (AvgIpc) is 2.91. The molecule has 9 nitrogen and oxygen atoms in total. The van der Waals surface area contributed by atoms with Gasteiger partial charge in [0, 0.05) is 23.9 Å². The van der Waals surface area contributed by atoms with Gasteiger partial charge in [-0.3, -0.25) is 10.1 Å². The topological polar surface area (TPSA) is 132 Å². The Morgan fingerprint density at radius 3 is 2.41 bits per heavy atom. The number of carbonyl (C=O) groups is 2. The Labute approximate surface area is 215 Å². The normalized spacial score (nSPS) is 12.5. The smallest absolute Gasteiger partial charge is 0.412 e. The molecule has 0 bridgehead atoms. The SMILES string of the molecule is CCO[C@H](/C=C/C(=O)Nc1ccccc1N)[C@H](OC(=O)Nc1ccccc1)c1ccccc1OCCO. The molecule has 2 atom stereocenters. The first kappa shape index (κ1) is 27.3. The van der Waals surface area contributed by atoms with E-state index in [1.807, 2.05) is 6.07 Å². The lowest BCUT2D eigenvalue weighted by Crippen LogP contribution is -2.28. The molecule has 2 amide bonds. The van der Waals surface area contributed by atoms with E-state index in [0.29, 0.717) is 28.4 Å². The fourth-order valence-corrected chi connectivity index (χ4v) is 3.50. The van der Waals surface area contributed by atoms with E-state index in [2.05, 4.69) is 10.6 Å². The Kier molecular flexibility index (Phi) is 10.5. The van der Waals surface area contributed by atoms with Crippen molar-refractivity contribution in [2.45, 2.75) is 19.1 Å². The van der Waals surface area contributed by atoms with Crippen molar-refractivity contribution in [3.63, 3.8) is 0 Å². The van der Waals surface area contributed by atoms with Crippen LogP contribution < -0.4 is 21.1 Å². The highest BCUT2D eigenvalue weighted by Crippen LogP contribution is 2.33. The second kappa shape index (κ2) is 14.3. The summed E-state index contributed by atoms with van der Waals surface area (Å²) in [5, 5.41) is 14.6. The van der Waals surface area contributed by atoms with Gasteiger partial charge in [-0.1, -0.05) is 48.5 Å². The molecule has 0 heterocycles. The third kappa shape index (κ3) is 8.38. The highest BCUT2D eigenvalue weighted by Gasteiger charge is 2.29. The number of carbonyl (C=O) groups excluding carboxylic acids is 2. The fraction of sp³-hybridized carbons (Fsp3) is 0.214. The Morgan fingerprint density at radius 2 is 1.68 bits per heavy atom. The zero-order valence-electron chi connectivity index (χ0n) is 20.5. The predicted octanol–water partition coefficient (Wildman–Crippen LogP) is 4.53. The molecule has 0 spiro atoms. The molecule has 5 N–H and O–H groups in total. The molecule has 0 radical (unpaired) electrons. The molecule has 0 aliphatic rings. The Hall–Kier alpha value is -4.34. The van der Waals surface area contributed by atoms with Crippen molar-refractivity contribution in [1.29, 1.82) is 0 Å². The van der Waals surface area contributed by atoms with Crippen LogP contribution in [0, 0.1) is 0 Å². The second-order valence-corrected chi connectivity index (χ2v) is 7.78. The highest BCUT2D eigenvalue weighted by molar-refractivity contribution is 6.01. The maximum atomic E-state index is 12.9. The van der Waals surface area contributed by atoms with Gasteiger partial charge in [-0.25, -0.2) is 4.79 Å². The minimum atomic E-state index is -0.982. The molecular weight excluding hydrogens is 474 g/mol. The van der Waals surface area contributed by atoms with Gasteiger partial charge < -0.3 is 30.4 Å². The molecule has 0 aromatic heterocycles. The zero-order valence-corrected chi connectivity index (χ0v) is 20.5. The van der Waals surface area contributed by atoms with Crippen LogP contribution in [0.2, 0.25) is 0 Å². The average molecular weight is 506 g/mol. The van der Waals surface area contributed by atoms with Crippen molar-refractivity contribution in [1.82, 2.24) is 0 Å². The molecule has 0 saturated heterocycles. The Morgan fingerprint density at radius 1 is 0.973 bits per heavy atom. The molecule has 194 valence electrons. The standard InChI is InChI=1S/C28H31N3O6/c1-2-35-25(16-17-26(33)31-23-14-8-7-13-22(23)29)27(21-12-6-9-15-24(21)36-19-18-32)37-28(34)30-20-10-4-3-5-11-20/h3-17,25,27,32H,2,18-19,29H2,1H3,(H,30,34)(H,31,33)/b17-16+/t25-,27-/m1/s1. The summed E-state index contributed by atoms with van der Waals surface area (Å²) < 4.78 is 17.4. The summed E-state index contributed by atoms with van der Waals surface area (Å²) in [7, 11) is 0. The molecule has 0 aliphatic heterocycles. The number of benzene rings is 3. The summed E-state index contributed by atoms with van der Waals surface area (Å²) in [4.78, 5) is 25.5. The number of hydrogen-bond acceptors (Lipinski definition) is 7. The minimum absolute atomic E-state index is 0.0516. The van der Waals surface area contributed by atoms with Crippen LogP contribution in [0.3, 0.4) is 0 Å². The fourth-order valence-electron chi connectivity index (χ4n) is 3.50. The quantitative estimate of drug-likeness (QED) is 0.210. The molecular formula is C28H31N3O6. The highest BCUT2D eigenvalue weighted by atomic mass is 16.6. The van der Waals surface area contributed by atoms with E-state index in [1.165, 1.54) is 12.2 Å². The first-order valence-corrected chi connectivity index (χ1v) is 11.8. The number of nitrogens with two attached hydrogens (primary N) is 1. The van der Waals surface area contributed by atoms with E-state index < -0.39 is 24.2 Å². The van der Waals surface area contributed by atoms with Gasteiger partial charge in [0.05, 0.1) is 18.0 Å². The molecule has 0 fully saturated rings. The van der Waals surface area contributed by atoms with Crippen LogP contribution in [0.1, 0.15) is 18.6 Å². The van der Waals surface area contributed by atoms with Crippen LogP contribution in [-0.2, 0) is 14.3 Å². The van der Waals surface area contributed by atoms with Gasteiger partial charge in [0.2, 0.25) is 5.91 Å². The third-order valence-corrected chi connectivity index (χ3v) is 5.14. The summed E-state index contributed by atoms with van der Waals surface area (Å²) in [6.07, 6.45) is 0.276. The molecule has 0 unspecified atom stereocenters. The summed E-state index contributed by atoms with van der Waals surface area (Å²) in [6, 6.07) is 22.7. The summed E-state index contributed by atoms with van der Waals surface area (Å²) in [6.45, 7) is 1.94. The van der Waals surface area contributed by atoms with Crippen LogP contribution in [0.5, 0.6) is 5.75 Å². The number of ether oxygens (including phenoxy) is 3. The number of amides is 2. The number of para-hydroxylation sites is 4. The first-order valence-electron chi connectivity index (χ1n) is 11.8. The second-order valence-electron chi connectivity index (χ2n) is 7.78. The van der Waals surface area contributed by atoms with Crippen molar-refractivity contribution in [3.05, 3.63) is 96.6 Å². The molecule has 3 aromatic rings. The lowest BCUT2D eigenvalue weighted by Gasteiger charge is -2.27. The third-order valence-electron chi connectivity index (χ3n) is 5.14. The van der Waals surface area contributed by atoms with Crippen LogP contribution in [0.15, 0.2) is 91.0 Å². The van der Waals surface area contributed by atoms with Crippen molar-refractivity contribution in [2.75, 3.05) is 36.2 Å². The maximum absolute atomic E-state index is 12.9. The van der Waals surface area contributed by atoms with Gasteiger partial charge >= 0.3 is 6.09 Å². The lowest BCUT2D eigenvalue weighted by molar-refractivity contribution is -0.112. The number of aliphatic hydroxyl groups excluding tert-OH is 1. The number of aliphatic hydroxyl groups is 1. The van der Waals surface area contributed by atoms with Crippen LogP contribution >= 0.6 is 0 Å². The van der Waals surface area contributed by atoms with Gasteiger partial charge in [0.25, 0.3) is 0 Å². The summed E-state index contributed by atoms with van der Waals surface area (Å²) in [5.74, 6) is -0.0198. The number of rotatable bonds is 12. The van der Waals surface area contributed by atoms with E-state index in [4.69, 9.17) is 19.9 Å². The summed E-state index contributed by atoms with van der Waals surface area (Å²) >= 11 is 0. The molecule has 0 aliphatic carbocycles. The Bertz CT molecular complexity index is 1190. The number of nitrogens with one attached hydrogen (secondary N) is 2. The first-order chi connectivity index (χ1) is 18.0. The zero-order chi connectivity index (χ0) is 26.5. The van der Waals surface area contributed by atoms with Gasteiger partial charge in [0.1, 0.15) is 18.5 Å². The Balaban J connectivity index is 1.88. The summed E-state index contributed by atoms with van der Waals surface area (Å²) in [5.41, 5.74) is 7.88. The number of anilines is 3. The van der Waals surface area contributed by atoms with Gasteiger partial charge in [-0.15, -0.1) is 0 Å². The minimum Gasteiger partial charge on any atom is -0.491 e. The van der Waals surface area contributed by atoms with Crippen molar-refractivity contribution >= 4 is 29.1 Å². The molecule has 3 aromatic carbocycles. The van der Waals surface area contributed by atoms with Crippen LogP contribution in [-0.4, -0.2) is 43.0 Å². The van der Waals surface area contributed by atoms with Crippen LogP contribution in [0.25, 0.3) is 0 Å². The van der Waals surface area contributed by atoms with E-state index in [-0.39, 0.29) is 19.8 Å². The van der Waals surface area contributed by atoms with E-state index in [0.717, 1.165) is 0 Å². The van der Waals surface area contributed by atoms with Crippen molar-refractivity contribution in [2.24, 2.45) is 0 Å². The van der Waals surface area contributed by atoms with E-state index in [1.54, 1.807) is 79.7 Å². The molecule has 3 rings (SSSR count).